The molecule has 6 heteroatoms. The van der Waals surface area contributed by atoms with Gasteiger partial charge >= 0.3 is 0 Å². The van der Waals surface area contributed by atoms with Gasteiger partial charge < -0.3 is 16.0 Å². The molecular formula is C14H21N5S. The molecule has 2 rings (SSSR count). The summed E-state index contributed by atoms with van der Waals surface area (Å²) in [5, 5.41) is 4.52. The maximum absolute atomic E-state index is 5.99. The van der Waals surface area contributed by atoms with Crippen molar-refractivity contribution in [2.45, 2.75) is 19.4 Å². The van der Waals surface area contributed by atoms with Crippen LogP contribution in [0.4, 0.5) is 10.8 Å². The number of hydrogen-bond acceptors (Lipinski definition) is 6. The number of hydrogen-bond donors (Lipinski definition) is 2. The van der Waals surface area contributed by atoms with Crippen LogP contribution in [0, 0.1) is 0 Å². The zero-order valence-electron chi connectivity index (χ0n) is 12.1. The van der Waals surface area contributed by atoms with Crippen LogP contribution in [0.3, 0.4) is 0 Å². The number of aromatic nitrogens is 2. The summed E-state index contributed by atoms with van der Waals surface area (Å²) in [7, 11) is 4.16. The Morgan fingerprint density at radius 2 is 2.25 bits per heavy atom. The molecule has 2 heterocycles. The van der Waals surface area contributed by atoms with Crippen LogP contribution in [0.15, 0.2) is 24.5 Å². The number of nitrogens with one attached hydrogen (secondary N) is 1. The maximum Gasteiger partial charge on any atom is 0.147 e. The molecule has 1 atom stereocenters. The van der Waals surface area contributed by atoms with Crippen molar-refractivity contribution in [3.8, 4) is 11.1 Å². The third-order valence-electron chi connectivity index (χ3n) is 3.06. The van der Waals surface area contributed by atoms with Gasteiger partial charge in [-0.05, 0) is 51.6 Å². The summed E-state index contributed by atoms with van der Waals surface area (Å²) >= 11 is 1.41. The fourth-order valence-corrected chi connectivity index (χ4v) is 2.79. The molecule has 0 amide bonds. The molecule has 0 aliphatic heterocycles. The summed E-state index contributed by atoms with van der Waals surface area (Å²) in [6.07, 6.45) is 4.64. The van der Waals surface area contributed by atoms with Crippen molar-refractivity contribution in [1.82, 2.24) is 14.3 Å². The lowest BCUT2D eigenvalue weighted by atomic mass is 10.1. The van der Waals surface area contributed by atoms with Crippen molar-refractivity contribution < 1.29 is 0 Å². The maximum atomic E-state index is 5.99. The minimum Gasteiger partial charge on any atom is -0.382 e. The summed E-state index contributed by atoms with van der Waals surface area (Å²) in [6.45, 7) is 3.22. The lowest BCUT2D eigenvalue weighted by molar-refractivity contribution is 0.390. The fraction of sp³-hybridized carbons (Fsp3) is 0.429. The van der Waals surface area contributed by atoms with Gasteiger partial charge in [-0.15, -0.1) is 0 Å². The highest BCUT2D eigenvalue weighted by molar-refractivity contribution is 7.11. The van der Waals surface area contributed by atoms with Crippen molar-refractivity contribution in [3.63, 3.8) is 0 Å². The molecule has 3 N–H and O–H groups in total. The van der Waals surface area contributed by atoms with Crippen LogP contribution in [0.1, 0.15) is 13.3 Å². The van der Waals surface area contributed by atoms with Crippen LogP contribution in [-0.2, 0) is 0 Å². The Morgan fingerprint density at radius 3 is 2.90 bits per heavy atom. The summed E-state index contributed by atoms with van der Waals surface area (Å²) < 4.78 is 4.26. The first-order valence-corrected chi connectivity index (χ1v) is 7.42. The number of anilines is 2. The largest absolute Gasteiger partial charge is 0.382 e. The lowest BCUT2D eigenvalue weighted by Gasteiger charge is -2.17. The van der Waals surface area contributed by atoms with Gasteiger partial charge in [-0.3, -0.25) is 4.98 Å². The first kappa shape index (κ1) is 14.7. The van der Waals surface area contributed by atoms with Crippen molar-refractivity contribution >= 4 is 22.4 Å². The van der Waals surface area contributed by atoms with Crippen LogP contribution in [0.2, 0.25) is 0 Å². The molecule has 0 saturated heterocycles. The Hall–Kier alpha value is -1.66. The summed E-state index contributed by atoms with van der Waals surface area (Å²) in [6, 6.07) is 4.28. The van der Waals surface area contributed by atoms with E-state index in [9.17, 15) is 0 Å². The zero-order chi connectivity index (χ0) is 14.5. The van der Waals surface area contributed by atoms with Gasteiger partial charge in [-0.2, -0.15) is 4.37 Å². The average Bonchev–Trinajstić information content (AvgIpc) is 2.78. The third-order valence-corrected chi connectivity index (χ3v) is 3.85. The van der Waals surface area contributed by atoms with E-state index in [1.165, 1.54) is 11.5 Å². The number of nitrogens with zero attached hydrogens (tertiary/aromatic N) is 3. The molecular weight excluding hydrogens is 270 g/mol. The monoisotopic (exact) mass is 291 g/mol. The van der Waals surface area contributed by atoms with Crippen molar-refractivity contribution in [2.24, 2.45) is 0 Å². The molecule has 2 aromatic heterocycles. The fourth-order valence-electron chi connectivity index (χ4n) is 1.94. The van der Waals surface area contributed by atoms with E-state index in [4.69, 9.17) is 5.73 Å². The van der Waals surface area contributed by atoms with Gasteiger partial charge in [0.05, 0.1) is 5.56 Å². The highest BCUT2D eigenvalue weighted by atomic mass is 32.1. The van der Waals surface area contributed by atoms with E-state index < -0.39 is 0 Å². The van der Waals surface area contributed by atoms with Gasteiger partial charge in [0.1, 0.15) is 10.8 Å². The Bertz CT molecular complexity index is 538. The first-order chi connectivity index (χ1) is 9.58. The van der Waals surface area contributed by atoms with Gasteiger partial charge in [0.2, 0.25) is 0 Å². The van der Waals surface area contributed by atoms with E-state index in [-0.39, 0.29) is 0 Å². The van der Waals surface area contributed by atoms with Crippen molar-refractivity contribution in [1.29, 1.82) is 0 Å². The molecule has 0 aliphatic rings. The molecule has 2 aromatic rings. The van der Waals surface area contributed by atoms with Crippen LogP contribution in [0.25, 0.3) is 11.1 Å². The van der Waals surface area contributed by atoms with Gasteiger partial charge in [0, 0.05) is 24.0 Å². The van der Waals surface area contributed by atoms with E-state index in [0.717, 1.165) is 29.1 Å². The molecule has 0 spiro atoms. The summed E-state index contributed by atoms with van der Waals surface area (Å²) in [5.74, 6) is 0.560. The average molecular weight is 291 g/mol. The molecule has 0 radical (unpaired) electrons. The van der Waals surface area contributed by atoms with Crippen LogP contribution >= 0.6 is 11.5 Å². The number of rotatable bonds is 6. The Labute approximate surface area is 124 Å². The van der Waals surface area contributed by atoms with E-state index >= 15 is 0 Å². The normalized spacial score (nSPS) is 12.6. The summed E-state index contributed by atoms with van der Waals surface area (Å²) in [4.78, 5) is 6.33. The quantitative estimate of drug-likeness (QED) is 0.856. The Kier molecular flexibility index (Phi) is 4.92. The van der Waals surface area contributed by atoms with Crippen molar-refractivity contribution in [2.75, 3.05) is 31.7 Å². The highest BCUT2D eigenvalue weighted by Gasteiger charge is 2.15. The number of pyridine rings is 1. The van der Waals surface area contributed by atoms with Crippen LogP contribution in [-0.4, -0.2) is 40.9 Å². The second-order valence-corrected chi connectivity index (χ2v) is 5.92. The van der Waals surface area contributed by atoms with Crippen molar-refractivity contribution in [3.05, 3.63) is 24.5 Å². The third kappa shape index (κ3) is 3.68. The topological polar surface area (TPSA) is 67.1 Å². The van der Waals surface area contributed by atoms with E-state index in [1.807, 2.05) is 18.3 Å². The standard InChI is InChI=1S/C14H21N5S/c1-10(6-8-19(2)3)17-14-12(13(15)18-20-14)11-5-4-7-16-9-11/h4-5,7,9-10,17H,6,8H2,1-3H3,(H2,15,18). The Balaban J connectivity index is 2.14. The van der Waals surface area contributed by atoms with Gasteiger partial charge in [0.15, 0.2) is 0 Å². The predicted octanol–water partition coefficient (Wildman–Crippen LogP) is 2.54. The lowest BCUT2D eigenvalue weighted by Crippen LogP contribution is -2.22. The van der Waals surface area contributed by atoms with E-state index in [0.29, 0.717) is 11.9 Å². The van der Waals surface area contributed by atoms with Crippen LogP contribution in [0.5, 0.6) is 0 Å². The zero-order valence-corrected chi connectivity index (χ0v) is 12.9. The van der Waals surface area contributed by atoms with Gasteiger partial charge in [-0.25, -0.2) is 0 Å². The molecule has 0 fully saturated rings. The minimum absolute atomic E-state index is 0.368. The van der Waals surface area contributed by atoms with Crippen LogP contribution < -0.4 is 11.1 Å². The van der Waals surface area contributed by atoms with E-state index in [1.54, 1.807) is 6.20 Å². The molecule has 1 unspecified atom stereocenters. The number of nitrogen functional groups attached to an aromatic ring is 1. The molecule has 5 nitrogen and oxygen atoms in total. The second-order valence-electron chi connectivity index (χ2n) is 5.15. The van der Waals surface area contributed by atoms with Gasteiger partial charge in [-0.1, -0.05) is 6.07 Å². The molecule has 0 bridgehead atoms. The Morgan fingerprint density at radius 1 is 1.45 bits per heavy atom. The molecule has 0 aliphatic carbocycles. The van der Waals surface area contributed by atoms with E-state index in [2.05, 4.69) is 40.6 Å². The molecule has 20 heavy (non-hydrogen) atoms. The molecule has 108 valence electrons. The first-order valence-electron chi connectivity index (χ1n) is 6.64. The number of nitrogens with two attached hydrogens (primary N) is 1. The smallest absolute Gasteiger partial charge is 0.147 e. The highest BCUT2D eigenvalue weighted by Crippen LogP contribution is 2.36. The summed E-state index contributed by atoms with van der Waals surface area (Å²) in [5.41, 5.74) is 7.95. The minimum atomic E-state index is 0.368. The molecule has 0 saturated carbocycles. The SMILES string of the molecule is CC(CCN(C)C)Nc1snc(N)c1-c1cccnc1. The van der Waals surface area contributed by atoms with Gasteiger partial charge in [0.25, 0.3) is 0 Å². The second kappa shape index (κ2) is 6.67. The predicted molar refractivity (Wildman–Crippen MR) is 86.0 cm³/mol. The molecule has 0 aromatic carbocycles.